The molecule has 10 heteroatoms. The Morgan fingerprint density at radius 2 is 1.94 bits per heavy atom. The van der Waals surface area contributed by atoms with Crippen LogP contribution in [0.15, 0.2) is 47.9 Å². The highest BCUT2D eigenvalue weighted by Gasteiger charge is 2.14. The molecule has 0 spiro atoms. The highest BCUT2D eigenvalue weighted by atomic mass is 32.2. The topological polar surface area (TPSA) is 136 Å². The summed E-state index contributed by atoms with van der Waals surface area (Å²) in [7, 11) is 0.590. The first-order chi connectivity index (χ1) is 14.6. The quantitative estimate of drug-likeness (QED) is 0.628. The van der Waals surface area contributed by atoms with Crippen molar-refractivity contribution in [3.05, 3.63) is 59.7 Å². The predicted molar refractivity (Wildman–Crippen MR) is 118 cm³/mol. The molecule has 9 nitrogen and oxygen atoms in total. The van der Waals surface area contributed by atoms with E-state index in [1.807, 2.05) is 21.0 Å². The van der Waals surface area contributed by atoms with Crippen molar-refractivity contribution in [2.75, 3.05) is 30.6 Å². The Labute approximate surface area is 180 Å². The first kappa shape index (κ1) is 21.9. The zero-order valence-electron chi connectivity index (χ0n) is 17.5. The van der Waals surface area contributed by atoms with Gasteiger partial charge in [0.1, 0.15) is 16.9 Å². The number of nitriles is 1. The summed E-state index contributed by atoms with van der Waals surface area (Å²) < 4.78 is 19.6. The number of pyridine rings is 3. The second-order valence-electron chi connectivity index (χ2n) is 7.14. The maximum Gasteiger partial charge on any atom is 0.255 e. The molecule has 0 aromatic carbocycles. The summed E-state index contributed by atoms with van der Waals surface area (Å²) in [6.07, 6.45) is 5.78. The lowest BCUT2D eigenvalue weighted by Crippen LogP contribution is -2.14. The molecule has 0 bridgehead atoms. The highest BCUT2D eigenvalue weighted by molar-refractivity contribution is 7.91. The zero-order chi connectivity index (χ0) is 22.8. The molecule has 0 aliphatic heterocycles. The van der Waals surface area contributed by atoms with E-state index in [1.54, 1.807) is 23.2 Å². The maximum atomic E-state index is 12.7. The van der Waals surface area contributed by atoms with E-state index >= 15 is 0 Å². The summed E-state index contributed by atoms with van der Waals surface area (Å²) in [4.78, 5) is 27.1. The Morgan fingerprint density at radius 3 is 2.58 bits per heavy atom. The molecule has 3 heterocycles. The number of nitrogens with zero attached hydrogens (tertiary/aromatic N) is 5. The van der Waals surface area contributed by atoms with Gasteiger partial charge in [-0.2, -0.15) is 5.26 Å². The van der Waals surface area contributed by atoms with Crippen LogP contribution in [0.1, 0.15) is 21.6 Å². The van der Waals surface area contributed by atoms with Gasteiger partial charge in [-0.05, 0) is 31.2 Å². The van der Waals surface area contributed by atoms with Gasteiger partial charge in [0.2, 0.25) is 0 Å². The molecule has 3 aromatic heterocycles. The summed E-state index contributed by atoms with van der Waals surface area (Å²) in [5.74, 6) is 0.124. The molecule has 1 atom stereocenters. The third-order valence-electron chi connectivity index (χ3n) is 4.46. The van der Waals surface area contributed by atoms with Crippen LogP contribution in [0.2, 0.25) is 0 Å². The number of aryl methyl sites for hydroxylation is 1. The van der Waals surface area contributed by atoms with Crippen molar-refractivity contribution in [3.63, 3.8) is 0 Å². The van der Waals surface area contributed by atoms with E-state index in [9.17, 15) is 14.3 Å². The molecule has 0 saturated carbocycles. The molecular weight excluding hydrogens is 414 g/mol. The van der Waals surface area contributed by atoms with Gasteiger partial charge in [0, 0.05) is 55.1 Å². The standard InChI is InChI=1S/C21H21N7O2S/c1-13-18(16-7-15(10-22)20(26-11-16)28(2)3)9-17(12-25-13)27-21(29)14-5-6-24-19(8-14)31(4,23)30/h5-9,11-12,23H,1-4H3,(H,27,29). The number of rotatable bonds is 5. The van der Waals surface area contributed by atoms with Crippen LogP contribution in [0.3, 0.4) is 0 Å². The van der Waals surface area contributed by atoms with Gasteiger partial charge in [-0.15, -0.1) is 0 Å². The molecule has 0 aliphatic carbocycles. The summed E-state index contributed by atoms with van der Waals surface area (Å²) in [6.45, 7) is 1.83. The van der Waals surface area contributed by atoms with Crippen molar-refractivity contribution in [2.24, 2.45) is 0 Å². The van der Waals surface area contributed by atoms with Crippen molar-refractivity contribution < 1.29 is 9.00 Å². The number of nitrogens with one attached hydrogen (secondary N) is 2. The van der Waals surface area contributed by atoms with E-state index in [2.05, 4.69) is 26.3 Å². The minimum atomic E-state index is -3.04. The van der Waals surface area contributed by atoms with E-state index in [-0.39, 0.29) is 10.6 Å². The molecule has 2 N–H and O–H groups in total. The van der Waals surface area contributed by atoms with Crippen LogP contribution in [0.5, 0.6) is 0 Å². The van der Waals surface area contributed by atoms with Gasteiger partial charge in [-0.1, -0.05) is 0 Å². The fourth-order valence-electron chi connectivity index (χ4n) is 2.90. The first-order valence-electron chi connectivity index (χ1n) is 9.16. The number of hydrogen-bond donors (Lipinski definition) is 2. The number of hydrogen-bond acceptors (Lipinski definition) is 8. The van der Waals surface area contributed by atoms with Crippen molar-refractivity contribution in [3.8, 4) is 17.2 Å². The van der Waals surface area contributed by atoms with Crippen LogP contribution >= 0.6 is 0 Å². The van der Waals surface area contributed by atoms with Gasteiger partial charge in [0.15, 0.2) is 0 Å². The van der Waals surface area contributed by atoms with Crippen LogP contribution in [0, 0.1) is 23.0 Å². The Balaban J connectivity index is 1.94. The average molecular weight is 436 g/mol. The minimum Gasteiger partial charge on any atom is -0.362 e. The molecule has 0 saturated heterocycles. The van der Waals surface area contributed by atoms with Crippen LogP contribution < -0.4 is 10.2 Å². The molecule has 158 valence electrons. The third kappa shape index (κ3) is 4.84. The second kappa shape index (κ2) is 8.49. The number of carbonyl (C=O) groups is 1. The molecule has 1 unspecified atom stereocenters. The van der Waals surface area contributed by atoms with Crippen molar-refractivity contribution in [2.45, 2.75) is 11.9 Å². The number of amides is 1. The van der Waals surface area contributed by atoms with Gasteiger partial charge in [-0.25, -0.2) is 19.0 Å². The average Bonchev–Trinajstić information content (AvgIpc) is 2.74. The Hall–Kier alpha value is -3.84. The molecule has 0 aliphatic rings. The normalized spacial score (nSPS) is 12.5. The second-order valence-corrected chi connectivity index (χ2v) is 9.24. The molecule has 0 fully saturated rings. The molecule has 3 aromatic rings. The van der Waals surface area contributed by atoms with E-state index < -0.39 is 15.6 Å². The SMILES string of the molecule is Cc1ncc(NC(=O)c2ccnc(S(C)(=N)=O)c2)cc1-c1cnc(N(C)C)c(C#N)c1. The first-order valence-corrected chi connectivity index (χ1v) is 11.1. The van der Waals surface area contributed by atoms with E-state index in [0.29, 0.717) is 28.3 Å². The summed E-state index contributed by atoms with van der Waals surface area (Å²) in [5, 5.41) is 12.3. The van der Waals surface area contributed by atoms with Gasteiger partial charge >= 0.3 is 0 Å². The largest absolute Gasteiger partial charge is 0.362 e. The fourth-order valence-corrected chi connectivity index (χ4v) is 3.52. The van der Waals surface area contributed by atoms with Crippen molar-refractivity contribution in [1.82, 2.24) is 15.0 Å². The Kier molecular flexibility index (Phi) is 5.99. The van der Waals surface area contributed by atoms with Gasteiger partial charge < -0.3 is 10.2 Å². The van der Waals surface area contributed by atoms with Gasteiger partial charge in [-0.3, -0.25) is 9.78 Å². The monoisotopic (exact) mass is 435 g/mol. The van der Waals surface area contributed by atoms with Crippen molar-refractivity contribution >= 4 is 27.1 Å². The lowest BCUT2D eigenvalue weighted by Gasteiger charge is -2.15. The van der Waals surface area contributed by atoms with Crippen LogP contribution in [0.4, 0.5) is 11.5 Å². The Morgan fingerprint density at radius 1 is 1.19 bits per heavy atom. The molecule has 1 amide bonds. The number of carbonyl (C=O) groups excluding carboxylic acids is 1. The molecule has 3 rings (SSSR count). The lowest BCUT2D eigenvalue weighted by atomic mass is 10.0. The maximum absolute atomic E-state index is 12.7. The number of aromatic nitrogens is 3. The van der Waals surface area contributed by atoms with Gasteiger partial charge in [0.05, 0.1) is 27.2 Å². The predicted octanol–water partition coefficient (Wildman–Crippen LogP) is 3.07. The van der Waals surface area contributed by atoms with Crippen LogP contribution in [-0.4, -0.2) is 45.4 Å². The summed E-state index contributed by atoms with van der Waals surface area (Å²) in [6, 6.07) is 8.47. The molecule has 31 heavy (non-hydrogen) atoms. The van der Waals surface area contributed by atoms with Crippen LogP contribution in [0.25, 0.3) is 11.1 Å². The smallest absolute Gasteiger partial charge is 0.255 e. The highest BCUT2D eigenvalue weighted by Crippen LogP contribution is 2.28. The van der Waals surface area contributed by atoms with E-state index in [1.165, 1.54) is 30.8 Å². The van der Waals surface area contributed by atoms with Crippen molar-refractivity contribution in [1.29, 1.82) is 10.0 Å². The number of anilines is 2. The Bertz CT molecular complexity index is 1310. The van der Waals surface area contributed by atoms with E-state index in [0.717, 1.165) is 5.56 Å². The van der Waals surface area contributed by atoms with Crippen LogP contribution in [-0.2, 0) is 9.73 Å². The summed E-state index contributed by atoms with van der Waals surface area (Å²) >= 11 is 0. The summed E-state index contributed by atoms with van der Waals surface area (Å²) in [5.41, 5.74) is 3.26. The third-order valence-corrected chi connectivity index (χ3v) is 5.48. The minimum absolute atomic E-state index is 0.0407. The zero-order valence-corrected chi connectivity index (χ0v) is 18.3. The van der Waals surface area contributed by atoms with Gasteiger partial charge in [0.25, 0.3) is 5.91 Å². The molecular formula is C21H21N7O2S. The molecule has 0 radical (unpaired) electrons. The fraction of sp³-hybridized carbons (Fsp3) is 0.190. The lowest BCUT2D eigenvalue weighted by molar-refractivity contribution is 0.102. The van der Waals surface area contributed by atoms with E-state index in [4.69, 9.17) is 4.78 Å².